The van der Waals surface area contributed by atoms with Crippen LogP contribution in [-0.4, -0.2) is 120 Å². The number of likely N-dealkylation sites (tertiary alicyclic amines) is 1. The number of rotatable bonds is 8. The molecule has 1 spiro atoms. The van der Waals surface area contributed by atoms with Crippen molar-refractivity contribution in [1.82, 2.24) is 14.7 Å². The maximum Gasteiger partial charge on any atom is 0.249 e. The molecule has 41 heavy (non-hydrogen) atoms. The fraction of sp³-hybridized carbons (Fsp3) is 0.581. The monoisotopic (exact) mass is 564 g/mol. The summed E-state index contributed by atoms with van der Waals surface area (Å²) in [5.74, 6) is -2.20. The van der Waals surface area contributed by atoms with Gasteiger partial charge in [0.2, 0.25) is 17.7 Å². The quantitative estimate of drug-likeness (QED) is 0.372. The molecule has 3 amide bonds. The van der Waals surface area contributed by atoms with Crippen LogP contribution < -0.4 is 4.90 Å². The van der Waals surface area contributed by atoms with Crippen molar-refractivity contribution < 1.29 is 29.0 Å². The molecule has 10 heteroatoms. The van der Waals surface area contributed by atoms with E-state index in [0.717, 1.165) is 25.3 Å². The molecule has 220 valence electrons. The minimum atomic E-state index is -1.26. The second-order valence-electron chi connectivity index (χ2n) is 11.8. The first-order chi connectivity index (χ1) is 19.9. The molecule has 0 aromatic heterocycles. The standard InChI is InChI=1S/C31H40N4O6/c1-30-11-7-15-34(23-9-3-2-4-10-23)27(37)24(30)25-28(38)35(14-5-6-20-36)26-29(39)33(13-8-12-31(25,26)41-30)17-16-32-18-21-40-22-19-32/h2-4,7-12,24-26,36H,5-6,13-22H2,1H3/t24-,25+,26?,30+,31+/m1/s1. The molecular formula is C31H40N4O6. The summed E-state index contributed by atoms with van der Waals surface area (Å²) in [4.78, 5) is 50.5. The highest BCUT2D eigenvalue weighted by Gasteiger charge is 2.74. The van der Waals surface area contributed by atoms with Gasteiger partial charge in [-0.3, -0.25) is 19.3 Å². The summed E-state index contributed by atoms with van der Waals surface area (Å²) in [5, 5.41) is 9.44. The Morgan fingerprint density at radius 2 is 1.63 bits per heavy atom. The van der Waals surface area contributed by atoms with Gasteiger partial charge in [0.25, 0.3) is 0 Å². The normalized spacial score (nSPS) is 33.6. The number of nitrogens with zero attached hydrogens (tertiary/aromatic N) is 4. The van der Waals surface area contributed by atoms with Gasteiger partial charge < -0.3 is 29.3 Å². The summed E-state index contributed by atoms with van der Waals surface area (Å²) in [7, 11) is 0. The number of aliphatic hydroxyl groups excluding tert-OH is 1. The van der Waals surface area contributed by atoms with Crippen molar-refractivity contribution in [3.8, 4) is 0 Å². The number of aliphatic hydroxyl groups is 1. The lowest BCUT2D eigenvalue weighted by atomic mass is 9.74. The Morgan fingerprint density at radius 1 is 0.878 bits per heavy atom. The first-order valence-corrected chi connectivity index (χ1v) is 14.8. The van der Waals surface area contributed by atoms with Gasteiger partial charge in [-0.05, 0) is 31.9 Å². The van der Waals surface area contributed by atoms with Crippen LogP contribution in [0.25, 0.3) is 0 Å². The van der Waals surface area contributed by atoms with Gasteiger partial charge in [0, 0.05) is 58.1 Å². The molecule has 5 aliphatic rings. The van der Waals surface area contributed by atoms with E-state index >= 15 is 0 Å². The summed E-state index contributed by atoms with van der Waals surface area (Å²) < 4.78 is 12.4. The lowest BCUT2D eigenvalue weighted by Gasteiger charge is -2.38. The fourth-order valence-corrected chi connectivity index (χ4v) is 7.33. The van der Waals surface area contributed by atoms with Gasteiger partial charge in [-0.2, -0.15) is 0 Å². The number of hydrogen-bond acceptors (Lipinski definition) is 7. The van der Waals surface area contributed by atoms with Gasteiger partial charge in [-0.1, -0.05) is 42.5 Å². The summed E-state index contributed by atoms with van der Waals surface area (Å²) in [6, 6.07) is 8.59. The molecule has 1 N–H and O–H groups in total. The second-order valence-corrected chi connectivity index (χ2v) is 11.8. The van der Waals surface area contributed by atoms with Crippen LogP contribution in [0.2, 0.25) is 0 Å². The Hall–Kier alpha value is -3.05. The van der Waals surface area contributed by atoms with Gasteiger partial charge >= 0.3 is 0 Å². The van der Waals surface area contributed by atoms with E-state index in [0.29, 0.717) is 52.2 Å². The van der Waals surface area contributed by atoms with Crippen molar-refractivity contribution in [1.29, 1.82) is 0 Å². The highest BCUT2D eigenvalue weighted by atomic mass is 16.5. The number of unbranched alkanes of at least 4 members (excludes halogenated alkanes) is 1. The van der Waals surface area contributed by atoms with Gasteiger partial charge in [0.05, 0.1) is 30.7 Å². The molecule has 3 fully saturated rings. The SMILES string of the molecule is C[C@]12C=CCN(c3ccccc3)C(=O)[C@H]1[C@H]1C(=O)N(CCCCO)C3C(=O)N(CCN4CCOCC4)CC=C[C@@]31O2. The number of carbonyl (C=O) groups excluding carboxylic acids is 3. The maximum atomic E-state index is 14.4. The van der Waals surface area contributed by atoms with E-state index in [-0.39, 0.29) is 24.3 Å². The van der Waals surface area contributed by atoms with Crippen LogP contribution in [0.3, 0.4) is 0 Å². The van der Waals surface area contributed by atoms with Crippen molar-refractivity contribution in [2.75, 3.05) is 70.5 Å². The predicted octanol–water partition coefficient (Wildman–Crippen LogP) is 1.06. The lowest BCUT2D eigenvalue weighted by Crippen LogP contribution is -2.56. The van der Waals surface area contributed by atoms with E-state index in [1.807, 2.05) is 66.5 Å². The smallest absolute Gasteiger partial charge is 0.249 e. The molecule has 1 unspecified atom stereocenters. The maximum absolute atomic E-state index is 14.4. The summed E-state index contributed by atoms with van der Waals surface area (Å²) in [6.45, 7) is 7.26. The fourth-order valence-electron chi connectivity index (χ4n) is 7.33. The third-order valence-electron chi connectivity index (χ3n) is 9.31. The molecule has 5 aliphatic heterocycles. The van der Waals surface area contributed by atoms with E-state index in [9.17, 15) is 19.5 Å². The number of hydrogen-bond donors (Lipinski definition) is 1. The first-order valence-electron chi connectivity index (χ1n) is 14.8. The summed E-state index contributed by atoms with van der Waals surface area (Å²) in [6.07, 6.45) is 8.74. The minimum absolute atomic E-state index is 0.00725. The molecule has 6 rings (SSSR count). The van der Waals surface area contributed by atoms with Crippen LogP contribution >= 0.6 is 0 Å². The predicted molar refractivity (Wildman–Crippen MR) is 152 cm³/mol. The number of morpholine rings is 1. The van der Waals surface area contributed by atoms with E-state index in [2.05, 4.69) is 4.90 Å². The van der Waals surface area contributed by atoms with Crippen molar-refractivity contribution in [2.45, 2.75) is 37.0 Å². The molecule has 0 bridgehead atoms. The average Bonchev–Trinajstić information content (AvgIpc) is 3.24. The van der Waals surface area contributed by atoms with E-state index in [1.54, 1.807) is 9.80 Å². The molecular weight excluding hydrogens is 524 g/mol. The van der Waals surface area contributed by atoms with Gasteiger partial charge in [-0.25, -0.2) is 0 Å². The molecule has 5 heterocycles. The van der Waals surface area contributed by atoms with Crippen molar-refractivity contribution in [3.05, 3.63) is 54.6 Å². The highest BCUT2D eigenvalue weighted by molar-refractivity contribution is 6.04. The topological polar surface area (TPSA) is 103 Å². The zero-order valence-corrected chi connectivity index (χ0v) is 23.7. The third kappa shape index (κ3) is 4.80. The van der Waals surface area contributed by atoms with Gasteiger partial charge in [0.1, 0.15) is 11.6 Å². The Kier molecular flexibility index (Phi) is 7.76. The third-order valence-corrected chi connectivity index (χ3v) is 9.31. The highest BCUT2D eigenvalue weighted by Crippen LogP contribution is 2.57. The molecule has 1 aromatic rings. The largest absolute Gasteiger partial charge is 0.396 e. The Bertz CT molecular complexity index is 1220. The second kappa shape index (κ2) is 11.3. The molecule has 1 aromatic carbocycles. The van der Waals surface area contributed by atoms with E-state index in [4.69, 9.17) is 9.47 Å². The van der Waals surface area contributed by atoms with Crippen LogP contribution in [0, 0.1) is 11.8 Å². The van der Waals surface area contributed by atoms with Crippen LogP contribution in [0.5, 0.6) is 0 Å². The van der Waals surface area contributed by atoms with Gasteiger partial charge in [0.15, 0.2) is 0 Å². The number of para-hydroxylation sites is 1. The number of carbonyl (C=O) groups is 3. The molecule has 5 atom stereocenters. The van der Waals surface area contributed by atoms with Crippen molar-refractivity contribution in [2.24, 2.45) is 11.8 Å². The Morgan fingerprint density at radius 3 is 2.39 bits per heavy atom. The summed E-state index contributed by atoms with van der Waals surface area (Å²) >= 11 is 0. The number of anilines is 1. The number of ether oxygens (including phenoxy) is 2. The summed E-state index contributed by atoms with van der Waals surface area (Å²) in [5.41, 5.74) is -1.56. The van der Waals surface area contributed by atoms with E-state index in [1.165, 1.54) is 0 Å². The van der Waals surface area contributed by atoms with Gasteiger partial charge in [-0.15, -0.1) is 0 Å². The Balaban J connectivity index is 1.35. The van der Waals surface area contributed by atoms with Crippen molar-refractivity contribution >= 4 is 23.4 Å². The number of amides is 3. The zero-order chi connectivity index (χ0) is 28.6. The van der Waals surface area contributed by atoms with Crippen LogP contribution in [0.1, 0.15) is 19.8 Å². The van der Waals surface area contributed by atoms with Crippen molar-refractivity contribution in [3.63, 3.8) is 0 Å². The number of benzene rings is 1. The molecule has 0 saturated carbocycles. The number of fused-ring (bicyclic) bond motifs is 2. The molecule has 3 saturated heterocycles. The average molecular weight is 565 g/mol. The van der Waals surface area contributed by atoms with Crippen LogP contribution in [0.15, 0.2) is 54.6 Å². The Labute approximate surface area is 241 Å². The molecule has 0 radical (unpaired) electrons. The zero-order valence-electron chi connectivity index (χ0n) is 23.7. The molecule has 0 aliphatic carbocycles. The van der Waals surface area contributed by atoms with Crippen LogP contribution in [-0.2, 0) is 23.9 Å². The first kappa shape index (κ1) is 28.1. The molecule has 10 nitrogen and oxygen atoms in total. The van der Waals surface area contributed by atoms with Crippen LogP contribution in [0.4, 0.5) is 5.69 Å². The lowest BCUT2D eigenvalue weighted by molar-refractivity contribution is -0.151. The van der Waals surface area contributed by atoms with E-state index < -0.39 is 29.1 Å². The minimum Gasteiger partial charge on any atom is -0.396 e.